The van der Waals surface area contributed by atoms with Gasteiger partial charge in [0.2, 0.25) is 0 Å². The minimum absolute atomic E-state index is 0.0646. The summed E-state index contributed by atoms with van der Waals surface area (Å²) in [6, 6.07) is 5.89. The Kier molecular flexibility index (Phi) is 4.37. The predicted octanol–water partition coefficient (Wildman–Crippen LogP) is 2.03. The van der Waals surface area contributed by atoms with Crippen LogP contribution in [0.15, 0.2) is 18.2 Å². The second-order valence-electron chi connectivity index (χ2n) is 5.15. The smallest absolute Gasteiger partial charge is 0.251 e. The van der Waals surface area contributed by atoms with Gasteiger partial charge in [0.15, 0.2) is 0 Å². The maximum atomic E-state index is 12.1. The fourth-order valence-electron chi connectivity index (χ4n) is 2.42. The van der Waals surface area contributed by atoms with Gasteiger partial charge in [-0.3, -0.25) is 4.79 Å². The van der Waals surface area contributed by atoms with E-state index in [4.69, 9.17) is 0 Å². The first kappa shape index (κ1) is 13.1. The van der Waals surface area contributed by atoms with Crippen molar-refractivity contribution in [3.05, 3.63) is 34.9 Å². The van der Waals surface area contributed by atoms with Crippen molar-refractivity contribution >= 4 is 5.91 Å². The number of hydrogen-bond donors (Lipinski definition) is 2. The maximum absolute atomic E-state index is 12.1. The first-order valence-corrected chi connectivity index (χ1v) is 6.73. The van der Waals surface area contributed by atoms with E-state index in [2.05, 4.69) is 10.6 Å². The van der Waals surface area contributed by atoms with Crippen LogP contribution < -0.4 is 10.6 Å². The Morgan fingerprint density at radius 1 is 1.33 bits per heavy atom. The van der Waals surface area contributed by atoms with E-state index in [9.17, 15) is 4.79 Å². The Labute approximate surface area is 109 Å². The molecule has 1 fully saturated rings. The lowest BCUT2D eigenvalue weighted by Gasteiger charge is -2.23. The highest BCUT2D eigenvalue weighted by atomic mass is 16.1. The third-order valence-corrected chi connectivity index (χ3v) is 3.86. The molecular weight excluding hydrogens is 224 g/mol. The SMILES string of the molecule is Cc1cccc(C(=O)NCC2CCNCC2)c1C. The van der Waals surface area contributed by atoms with Crippen LogP contribution in [0.5, 0.6) is 0 Å². The van der Waals surface area contributed by atoms with Crippen LogP contribution in [-0.4, -0.2) is 25.5 Å². The normalized spacial score (nSPS) is 16.6. The number of benzene rings is 1. The molecule has 98 valence electrons. The van der Waals surface area contributed by atoms with Crippen LogP contribution in [-0.2, 0) is 0 Å². The molecule has 1 heterocycles. The molecule has 0 aromatic heterocycles. The largest absolute Gasteiger partial charge is 0.352 e. The highest BCUT2D eigenvalue weighted by molar-refractivity contribution is 5.95. The molecule has 0 aliphatic carbocycles. The Morgan fingerprint density at radius 3 is 2.78 bits per heavy atom. The Balaban J connectivity index is 1.93. The number of carbonyl (C=O) groups excluding carboxylic acids is 1. The highest BCUT2D eigenvalue weighted by Gasteiger charge is 2.15. The molecular formula is C15H22N2O. The molecule has 1 saturated heterocycles. The van der Waals surface area contributed by atoms with Crippen molar-refractivity contribution in [1.82, 2.24) is 10.6 Å². The molecule has 0 atom stereocenters. The van der Waals surface area contributed by atoms with Gasteiger partial charge in [0.05, 0.1) is 0 Å². The van der Waals surface area contributed by atoms with Crippen LogP contribution in [0.25, 0.3) is 0 Å². The van der Waals surface area contributed by atoms with Gasteiger partial charge in [-0.2, -0.15) is 0 Å². The van der Waals surface area contributed by atoms with Crippen molar-refractivity contribution in [2.24, 2.45) is 5.92 Å². The van der Waals surface area contributed by atoms with Gasteiger partial charge in [0.1, 0.15) is 0 Å². The first-order chi connectivity index (χ1) is 8.68. The van der Waals surface area contributed by atoms with Crippen molar-refractivity contribution in [2.45, 2.75) is 26.7 Å². The standard InChI is InChI=1S/C15H22N2O/c1-11-4-3-5-14(12(11)2)15(18)17-10-13-6-8-16-9-7-13/h3-5,13,16H,6-10H2,1-2H3,(H,17,18). The van der Waals surface area contributed by atoms with E-state index in [-0.39, 0.29) is 5.91 Å². The molecule has 3 heteroatoms. The van der Waals surface area contributed by atoms with Gasteiger partial charge in [0, 0.05) is 12.1 Å². The molecule has 18 heavy (non-hydrogen) atoms. The van der Waals surface area contributed by atoms with E-state index in [1.807, 2.05) is 32.0 Å². The van der Waals surface area contributed by atoms with E-state index in [0.29, 0.717) is 5.92 Å². The zero-order chi connectivity index (χ0) is 13.0. The molecule has 0 saturated carbocycles. The lowest BCUT2D eigenvalue weighted by atomic mass is 9.97. The Hall–Kier alpha value is -1.35. The van der Waals surface area contributed by atoms with Crippen LogP contribution in [0.2, 0.25) is 0 Å². The minimum atomic E-state index is 0.0646. The molecule has 1 aliphatic heterocycles. The molecule has 1 aromatic rings. The molecule has 0 spiro atoms. The van der Waals surface area contributed by atoms with Crippen LogP contribution in [0.3, 0.4) is 0 Å². The van der Waals surface area contributed by atoms with E-state index >= 15 is 0 Å². The lowest BCUT2D eigenvalue weighted by molar-refractivity contribution is 0.0943. The lowest BCUT2D eigenvalue weighted by Crippen LogP contribution is -2.36. The van der Waals surface area contributed by atoms with Gasteiger partial charge in [-0.05, 0) is 62.9 Å². The van der Waals surface area contributed by atoms with E-state index in [1.165, 1.54) is 5.56 Å². The summed E-state index contributed by atoms with van der Waals surface area (Å²) in [7, 11) is 0. The van der Waals surface area contributed by atoms with Crippen LogP contribution >= 0.6 is 0 Å². The summed E-state index contributed by atoms with van der Waals surface area (Å²) in [6.07, 6.45) is 2.32. The number of aryl methyl sites for hydroxylation is 1. The van der Waals surface area contributed by atoms with Gasteiger partial charge >= 0.3 is 0 Å². The highest BCUT2D eigenvalue weighted by Crippen LogP contribution is 2.14. The second-order valence-corrected chi connectivity index (χ2v) is 5.15. The number of hydrogen-bond acceptors (Lipinski definition) is 2. The summed E-state index contributed by atoms with van der Waals surface area (Å²) in [4.78, 5) is 12.1. The summed E-state index contributed by atoms with van der Waals surface area (Å²) in [6.45, 7) is 7.00. The van der Waals surface area contributed by atoms with Crippen molar-refractivity contribution in [3.63, 3.8) is 0 Å². The van der Waals surface area contributed by atoms with Gasteiger partial charge in [-0.15, -0.1) is 0 Å². The monoisotopic (exact) mass is 246 g/mol. The fraction of sp³-hybridized carbons (Fsp3) is 0.533. The fourth-order valence-corrected chi connectivity index (χ4v) is 2.42. The van der Waals surface area contributed by atoms with Gasteiger partial charge in [0.25, 0.3) is 5.91 Å². The number of amides is 1. The second kappa shape index (κ2) is 6.01. The molecule has 2 N–H and O–H groups in total. The zero-order valence-corrected chi connectivity index (χ0v) is 11.3. The van der Waals surface area contributed by atoms with Crippen molar-refractivity contribution in [1.29, 1.82) is 0 Å². The number of nitrogens with one attached hydrogen (secondary N) is 2. The predicted molar refractivity (Wildman–Crippen MR) is 73.8 cm³/mol. The third-order valence-electron chi connectivity index (χ3n) is 3.86. The van der Waals surface area contributed by atoms with Crippen LogP contribution in [0.1, 0.15) is 34.3 Å². The van der Waals surface area contributed by atoms with Crippen molar-refractivity contribution in [2.75, 3.05) is 19.6 Å². The number of carbonyl (C=O) groups is 1. The van der Waals surface area contributed by atoms with Gasteiger partial charge in [-0.1, -0.05) is 12.1 Å². The maximum Gasteiger partial charge on any atom is 0.251 e. The van der Waals surface area contributed by atoms with Gasteiger partial charge < -0.3 is 10.6 Å². The Bertz CT molecular complexity index is 423. The van der Waals surface area contributed by atoms with E-state index in [1.54, 1.807) is 0 Å². The number of piperidine rings is 1. The third kappa shape index (κ3) is 3.10. The first-order valence-electron chi connectivity index (χ1n) is 6.73. The molecule has 1 amide bonds. The molecule has 1 aliphatic rings. The Morgan fingerprint density at radius 2 is 2.06 bits per heavy atom. The summed E-state index contributed by atoms with van der Waals surface area (Å²) >= 11 is 0. The quantitative estimate of drug-likeness (QED) is 0.857. The molecule has 0 radical (unpaired) electrons. The summed E-state index contributed by atoms with van der Waals surface area (Å²) in [5.74, 6) is 0.690. The molecule has 3 nitrogen and oxygen atoms in total. The average Bonchev–Trinajstić information content (AvgIpc) is 2.40. The van der Waals surface area contributed by atoms with Crippen LogP contribution in [0.4, 0.5) is 0 Å². The van der Waals surface area contributed by atoms with E-state index < -0.39 is 0 Å². The number of rotatable bonds is 3. The molecule has 0 bridgehead atoms. The topological polar surface area (TPSA) is 41.1 Å². The summed E-state index contributed by atoms with van der Waals surface area (Å²) < 4.78 is 0. The zero-order valence-electron chi connectivity index (χ0n) is 11.3. The summed E-state index contributed by atoms with van der Waals surface area (Å²) in [5, 5.41) is 6.41. The average molecular weight is 246 g/mol. The van der Waals surface area contributed by atoms with Crippen LogP contribution in [0, 0.1) is 19.8 Å². The van der Waals surface area contributed by atoms with Gasteiger partial charge in [-0.25, -0.2) is 0 Å². The minimum Gasteiger partial charge on any atom is -0.352 e. The molecule has 0 unspecified atom stereocenters. The van der Waals surface area contributed by atoms with Crippen molar-refractivity contribution < 1.29 is 4.79 Å². The molecule has 2 rings (SSSR count). The van der Waals surface area contributed by atoms with E-state index in [0.717, 1.165) is 43.6 Å². The molecule has 1 aromatic carbocycles. The summed E-state index contributed by atoms with van der Waals surface area (Å²) in [5.41, 5.74) is 3.06. The van der Waals surface area contributed by atoms with Crippen molar-refractivity contribution in [3.8, 4) is 0 Å².